The van der Waals surface area contributed by atoms with Crippen LogP contribution in [0, 0.1) is 11.8 Å². The maximum atomic E-state index is 10.9. The van der Waals surface area contributed by atoms with Crippen molar-refractivity contribution < 1.29 is 4.79 Å². The molecule has 11 heavy (non-hydrogen) atoms. The molecular formula is C8H14N2O. The predicted octanol–water partition coefficient (Wildman–Crippen LogP) is -0.140. The molecule has 2 aliphatic rings. The second-order valence-corrected chi connectivity index (χ2v) is 3.70. The van der Waals surface area contributed by atoms with Gasteiger partial charge in [0.15, 0.2) is 0 Å². The van der Waals surface area contributed by atoms with Crippen LogP contribution < -0.4 is 11.1 Å². The Balaban J connectivity index is 1.75. The molecule has 0 aromatic carbocycles. The van der Waals surface area contributed by atoms with Crippen LogP contribution in [0.5, 0.6) is 0 Å². The molecule has 2 unspecified atom stereocenters. The highest BCUT2D eigenvalue weighted by Gasteiger charge is 2.45. The van der Waals surface area contributed by atoms with Crippen molar-refractivity contribution in [3.63, 3.8) is 0 Å². The van der Waals surface area contributed by atoms with Gasteiger partial charge in [-0.3, -0.25) is 4.79 Å². The highest BCUT2D eigenvalue weighted by atomic mass is 16.1. The third kappa shape index (κ3) is 1.38. The van der Waals surface area contributed by atoms with E-state index in [-0.39, 0.29) is 12.5 Å². The van der Waals surface area contributed by atoms with Crippen LogP contribution >= 0.6 is 0 Å². The van der Waals surface area contributed by atoms with Gasteiger partial charge in [-0.05, 0) is 31.1 Å². The molecule has 3 heteroatoms. The average molecular weight is 154 g/mol. The van der Waals surface area contributed by atoms with E-state index in [1.807, 2.05) is 0 Å². The van der Waals surface area contributed by atoms with Gasteiger partial charge in [0.2, 0.25) is 5.91 Å². The molecule has 1 amide bonds. The van der Waals surface area contributed by atoms with Crippen molar-refractivity contribution in [3.8, 4) is 0 Å². The standard InChI is InChI=1S/C8H14N2O/c9-4-8(11)10-7-2-5-1-6(5)3-7/h5-7H,1-4,9H2,(H,10,11). The lowest BCUT2D eigenvalue weighted by Crippen LogP contribution is -2.37. The quantitative estimate of drug-likeness (QED) is 0.581. The zero-order valence-corrected chi connectivity index (χ0v) is 6.55. The van der Waals surface area contributed by atoms with Crippen LogP contribution in [0.2, 0.25) is 0 Å². The average Bonchev–Trinajstić information content (AvgIpc) is 2.60. The van der Waals surface area contributed by atoms with Crippen LogP contribution in [0.15, 0.2) is 0 Å². The molecule has 3 N–H and O–H groups in total. The summed E-state index contributed by atoms with van der Waals surface area (Å²) in [5, 5.41) is 2.93. The van der Waals surface area contributed by atoms with E-state index >= 15 is 0 Å². The molecule has 0 aromatic heterocycles. The zero-order chi connectivity index (χ0) is 7.84. The molecule has 2 saturated carbocycles. The van der Waals surface area contributed by atoms with Gasteiger partial charge in [-0.25, -0.2) is 0 Å². The maximum Gasteiger partial charge on any atom is 0.233 e. The Morgan fingerprint density at radius 2 is 2.00 bits per heavy atom. The molecule has 0 bridgehead atoms. The number of hydrogen-bond acceptors (Lipinski definition) is 2. The van der Waals surface area contributed by atoms with E-state index in [0.29, 0.717) is 6.04 Å². The summed E-state index contributed by atoms with van der Waals surface area (Å²) >= 11 is 0. The smallest absolute Gasteiger partial charge is 0.233 e. The van der Waals surface area contributed by atoms with Crippen molar-refractivity contribution in [2.45, 2.75) is 25.3 Å². The van der Waals surface area contributed by atoms with Crippen LogP contribution in [0.3, 0.4) is 0 Å². The van der Waals surface area contributed by atoms with Crippen LogP contribution in [-0.2, 0) is 4.79 Å². The largest absolute Gasteiger partial charge is 0.352 e. The van der Waals surface area contributed by atoms with E-state index in [1.165, 1.54) is 19.3 Å². The fourth-order valence-electron chi connectivity index (χ4n) is 2.12. The third-order valence-corrected chi connectivity index (χ3v) is 2.79. The highest BCUT2D eigenvalue weighted by molar-refractivity contribution is 5.78. The lowest BCUT2D eigenvalue weighted by molar-refractivity contribution is -0.120. The summed E-state index contributed by atoms with van der Waals surface area (Å²) in [7, 11) is 0. The van der Waals surface area contributed by atoms with Crippen molar-refractivity contribution in [1.29, 1.82) is 0 Å². The molecule has 62 valence electrons. The van der Waals surface area contributed by atoms with Crippen molar-refractivity contribution in [3.05, 3.63) is 0 Å². The van der Waals surface area contributed by atoms with E-state index in [2.05, 4.69) is 5.32 Å². The molecule has 0 spiro atoms. The van der Waals surface area contributed by atoms with Gasteiger partial charge in [-0.1, -0.05) is 0 Å². The minimum atomic E-state index is -0.00343. The van der Waals surface area contributed by atoms with Crippen LogP contribution in [0.25, 0.3) is 0 Å². The Kier molecular flexibility index (Phi) is 1.60. The van der Waals surface area contributed by atoms with Crippen molar-refractivity contribution in [2.24, 2.45) is 17.6 Å². The molecule has 0 radical (unpaired) electrons. The van der Waals surface area contributed by atoms with Crippen LogP contribution in [0.1, 0.15) is 19.3 Å². The predicted molar refractivity (Wildman–Crippen MR) is 41.8 cm³/mol. The summed E-state index contributed by atoms with van der Waals surface area (Å²) in [5.41, 5.74) is 5.18. The number of hydrogen-bond donors (Lipinski definition) is 2. The van der Waals surface area contributed by atoms with Gasteiger partial charge in [-0.15, -0.1) is 0 Å². The van der Waals surface area contributed by atoms with E-state index in [9.17, 15) is 4.79 Å². The molecule has 0 aromatic rings. The van der Waals surface area contributed by atoms with E-state index in [1.54, 1.807) is 0 Å². The Hall–Kier alpha value is -0.570. The normalized spacial score (nSPS) is 39.9. The molecule has 2 atom stereocenters. The Morgan fingerprint density at radius 1 is 1.36 bits per heavy atom. The lowest BCUT2D eigenvalue weighted by atomic mass is 10.1. The molecule has 3 nitrogen and oxygen atoms in total. The molecular weight excluding hydrogens is 140 g/mol. The van der Waals surface area contributed by atoms with Gasteiger partial charge >= 0.3 is 0 Å². The minimum absolute atomic E-state index is 0.00343. The first-order valence-corrected chi connectivity index (χ1v) is 4.29. The van der Waals surface area contributed by atoms with E-state index < -0.39 is 0 Å². The monoisotopic (exact) mass is 154 g/mol. The fraction of sp³-hybridized carbons (Fsp3) is 0.875. The van der Waals surface area contributed by atoms with Gasteiger partial charge in [0, 0.05) is 6.04 Å². The summed E-state index contributed by atoms with van der Waals surface area (Å²) < 4.78 is 0. The van der Waals surface area contributed by atoms with Gasteiger partial charge in [-0.2, -0.15) is 0 Å². The van der Waals surface area contributed by atoms with E-state index in [4.69, 9.17) is 5.73 Å². The third-order valence-electron chi connectivity index (χ3n) is 2.79. The molecule has 2 fully saturated rings. The first kappa shape index (κ1) is 7.10. The van der Waals surface area contributed by atoms with Crippen molar-refractivity contribution in [1.82, 2.24) is 5.32 Å². The summed E-state index contributed by atoms with van der Waals surface area (Å²) in [6, 6.07) is 0.440. The lowest BCUT2D eigenvalue weighted by Gasteiger charge is -2.12. The minimum Gasteiger partial charge on any atom is -0.352 e. The van der Waals surface area contributed by atoms with Gasteiger partial charge in [0.25, 0.3) is 0 Å². The SMILES string of the molecule is NCC(=O)NC1CC2CC2C1. The van der Waals surface area contributed by atoms with Crippen molar-refractivity contribution >= 4 is 5.91 Å². The summed E-state index contributed by atoms with van der Waals surface area (Å²) in [6.45, 7) is 0.131. The van der Waals surface area contributed by atoms with Crippen molar-refractivity contribution in [2.75, 3.05) is 6.54 Å². The fourth-order valence-corrected chi connectivity index (χ4v) is 2.12. The van der Waals surface area contributed by atoms with Gasteiger partial charge in [0.1, 0.15) is 0 Å². The number of fused-ring (bicyclic) bond motifs is 1. The molecule has 2 rings (SSSR count). The second kappa shape index (κ2) is 2.48. The number of carbonyl (C=O) groups excluding carboxylic acids is 1. The number of nitrogens with two attached hydrogens (primary N) is 1. The Morgan fingerprint density at radius 3 is 2.55 bits per heavy atom. The number of rotatable bonds is 2. The topological polar surface area (TPSA) is 55.1 Å². The first-order valence-electron chi connectivity index (χ1n) is 4.29. The molecule has 2 aliphatic carbocycles. The zero-order valence-electron chi connectivity index (χ0n) is 6.55. The Bertz CT molecular complexity index is 171. The molecule has 0 saturated heterocycles. The first-order chi connectivity index (χ1) is 5.29. The van der Waals surface area contributed by atoms with Gasteiger partial charge < -0.3 is 11.1 Å². The number of carbonyl (C=O) groups is 1. The second-order valence-electron chi connectivity index (χ2n) is 3.70. The highest BCUT2D eigenvalue weighted by Crippen LogP contribution is 2.51. The van der Waals surface area contributed by atoms with E-state index in [0.717, 1.165) is 11.8 Å². The summed E-state index contributed by atoms with van der Waals surface area (Å²) in [5.74, 6) is 1.85. The maximum absolute atomic E-state index is 10.9. The number of amides is 1. The molecule has 0 heterocycles. The number of nitrogens with one attached hydrogen (secondary N) is 1. The Labute approximate surface area is 66.3 Å². The van der Waals surface area contributed by atoms with Gasteiger partial charge in [0.05, 0.1) is 6.54 Å². The summed E-state index contributed by atoms with van der Waals surface area (Å²) in [4.78, 5) is 10.9. The molecule has 0 aliphatic heterocycles. The van der Waals surface area contributed by atoms with Crippen LogP contribution in [0.4, 0.5) is 0 Å². The summed E-state index contributed by atoms with van der Waals surface area (Å²) in [6.07, 6.45) is 3.78. The van der Waals surface area contributed by atoms with Crippen LogP contribution in [-0.4, -0.2) is 18.5 Å².